The largest absolute Gasteiger partial charge is 0.412 e. The van der Waals surface area contributed by atoms with Crippen LogP contribution in [0.25, 0.3) is 0 Å². The molecule has 3 nitrogen and oxygen atoms in total. The number of hydrogen-bond donors (Lipinski definition) is 1. The highest BCUT2D eigenvalue weighted by Gasteiger charge is 2.61. The van der Waals surface area contributed by atoms with Gasteiger partial charge in [0.1, 0.15) is 5.82 Å². The predicted octanol–water partition coefficient (Wildman–Crippen LogP) is 2.87. The Morgan fingerprint density at radius 3 is 2.55 bits per heavy atom. The molecule has 1 aromatic rings. The first kappa shape index (κ1) is 14.8. The Kier molecular flexibility index (Phi) is 3.77. The Labute approximate surface area is 116 Å². The molecular formula is C12H10F4N2OS. The molecule has 0 bridgehead atoms. The Morgan fingerprint density at radius 1 is 1.35 bits per heavy atom. The number of carbonyl (C=O) groups is 1. The first-order valence-electron chi connectivity index (χ1n) is 5.59. The molecule has 1 aliphatic rings. The van der Waals surface area contributed by atoms with Crippen molar-refractivity contribution in [3.63, 3.8) is 0 Å². The fourth-order valence-corrected chi connectivity index (χ4v) is 2.44. The summed E-state index contributed by atoms with van der Waals surface area (Å²) in [6, 6.07) is 5.80. The lowest BCUT2D eigenvalue weighted by Crippen LogP contribution is -2.46. The van der Waals surface area contributed by atoms with Crippen LogP contribution in [0.15, 0.2) is 29.3 Å². The SMILES string of the molecule is C[C@]1(C(F)(F)F)SC(=NCc2ccccc2F)NC1=O. The molecule has 20 heavy (non-hydrogen) atoms. The van der Waals surface area contributed by atoms with E-state index >= 15 is 0 Å². The van der Waals surface area contributed by atoms with Crippen LogP contribution in [0.1, 0.15) is 12.5 Å². The number of amides is 1. The number of alkyl halides is 3. The van der Waals surface area contributed by atoms with Gasteiger partial charge in [0.15, 0.2) is 9.91 Å². The first-order valence-corrected chi connectivity index (χ1v) is 6.41. The Bertz CT molecular complexity index is 573. The number of hydrogen-bond acceptors (Lipinski definition) is 3. The van der Waals surface area contributed by atoms with E-state index in [-0.39, 0.29) is 17.3 Å². The van der Waals surface area contributed by atoms with Gasteiger partial charge in [-0.2, -0.15) is 13.2 Å². The molecule has 0 radical (unpaired) electrons. The summed E-state index contributed by atoms with van der Waals surface area (Å²) in [7, 11) is 0. The van der Waals surface area contributed by atoms with E-state index in [1.165, 1.54) is 18.2 Å². The van der Waals surface area contributed by atoms with E-state index in [4.69, 9.17) is 0 Å². The molecule has 1 fully saturated rings. The molecule has 1 aliphatic heterocycles. The van der Waals surface area contributed by atoms with Crippen LogP contribution in [0.2, 0.25) is 0 Å². The number of nitrogens with zero attached hydrogens (tertiary/aromatic N) is 1. The summed E-state index contributed by atoms with van der Waals surface area (Å²) in [5, 5.41) is 1.92. The van der Waals surface area contributed by atoms with E-state index in [0.29, 0.717) is 11.8 Å². The van der Waals surface area contributed by atoms with Gasteiger partial charge < -0.3 is 5.32 Å². The van der Waals surface area contributed by atoms with Gasteiger partial charge in [0.05, 0.1) is 6.54 Å². The monoisotopic (exact) mass is 306 g/mol. The molecule has 2 rings (SSSR count). The summed E-state index contributed by atoms with van der Waals surface area (Å²) in [5.74, 6) is -1.66. The summed E-state index contributed by atoms with van der Waals surface area (Å²) in [5.41, 5.74) is 0.246. The Morgan fingerprint density at radius 2 is 2.00 bits per heavy atom. The minimum atomic E-state index is -4.68. The Balaban J connectivity index is 2.15. The summed E-state index contributed by atoms with van der Waals surface area (Å²) in [4.78, 5) is 15.2. The molecule has 1 atom stereocenters. The standard InChI is InChI=1S/C12H10F4N2OS/c1-11(12(14,15)16)9(19)18-10(20-11)17-6-7-4-2-3-5-8(7)13/h2-5H,6H2,1H3,(H,17,18,19)/t11-/m0/s1. The van der Waals surface area contributed by atoms with Crippen molar-refractivity contribution in [2.75, 3.05) is 0 Å². The van der Waals surface area contributed by atoms with E-state index in [1.54, 1.807) is 6.07 Å². The van der Waals surface area contributed by atoms with Gasteiger partial charge in [-0.15, -0.1) is 0 Å². The maximum absolute atomic E-state index is 13.3. The van der Waals surface area contributed by atoms with Crippen molar-refractivity contribution in [2.24, 2.45) is 4.99 Å². The molecule has 108 valence electrons. The summed E-state index contributed by atoms with van der Waals surface area (Å²) < 4.78 is 49.2. The van der Waals surface area contributed by atoms with E-state index in [0.717, 1.165) is 6.92 Å². The molecule has 0 aromatic heterocycles. The number of nitrogens with one attached hydrogen (secondary N) is 1. The third kappa shape index (κ3) is 2.65. The molecule has 1 heterocycles. The van der Waals surface area contributed by atoms with Crippen molar-refractivity contribution in [1.82, 2.24) is 5.32 Å². The summed E-state index contributed by atoms with van der Waals surface area (Å²) in [6.45, 7) is 0.655. The summed E-state index contributed by atoms with van der Waals surface area (Å²) in [6.07, 6.45) is -4.68. The number of halogens is 4. The van der Waals surface area contributed by atoms with E-state index < -0.39 is 22.6 Å². The third-order valence-corrected chi connectivity index (χ3v) is 4.10. The van der Waals surface area contributed by atoms with Gasteiger partial charge in [0, 0.05) is 5.56 Å². The number of amidine groups is 1. The normalized spacial score (nSPS) is 25.1. The Hall–Kier alpha value is -1.57. The second-order valence-corrected chi connectivity index (χ2v) is 5.71. The minimum absolute atomic E-state index is 0.136. The number of rotatable bonds is 2. The van der Waals surface area contributed by atoms with Gasteiger partial charge in [-0.25, -0.2) is 4.39 Å². The summed E-state index contributed by atoms with van der Waals surface area (Å²) >= 11 is 0.295. The lowest BCUT2D eigenvalue weighted by molar-refractivity contribution is -0.166. The average Bonchev–Trinajstić information content (AvgIpc) is 2.65. The number of aliphatic imine (C=N–C) groups is 1. The number of thioether (sulfide) groups is 1. The van der Waals surface area contributed by atoms with Gasteiger partial charge in [-0.3, -0.25) is 9.79 Å². The van der Waals surface area contributed by atoms with E-state index in [9.17, 15) is 22.4 Å². The predicted molar refractivity (Wildman–Crippen MR) is 67.7 cm³/mol. The fourth-order valence-electron chi connectivity index (χ4n) is 1.52. The van der Waals surface area contributed by atoms with Gasteiger partial charge in [-0.05, 0) is 13.0 Å². The van der Waals surface area contributed by atoms with Crippen molar-refractivity contribution in [3.8, 4) is 0 Å². The van der Waals surface area contributed by atoms with Crippen LogP contribution in [0.5, 0.6) is 0 Å². The maximum atomic E-state index is 13.3. The van der Waals surface area contributed by atoms with Crippen LogP contribution in [0.3, 0.4) is 0 Å². The van der Waals surface area contributed by atoms with Crippen LogP contribution in [-0.2, 0) is 11.3 Å². The average molecular weight is 306 g/mol. The zero-order valence-electron chi connectivity index (χ0n) is 10.3. The minimum Gasteiger partial charge on any atom is -0.304 e. The molecule has 1 aromatic carbocycles. The van der Waals surface area contributed by atoms with Crippen LogP contribution in [0.4, 0.5) is 17.6 Å². The zero-order valence-corrected chi connectivity index (χ0v) is 11.1. The molecule has 0 saturated carbocycles. The quantitative estimate of drug-likeness (QED) is 0.854. The molecule has 1 saturated heterocycles. The fraction of sp³-hybridized carbons (Fsp3) is 0.333. The molecule has 0 unspecified atom stereocenters. The highest BCUT2D eigenvalue weighted by atomic mass is 32.2. The van der Waals surface area contributed by atoms with Crippen LogP contribution >= 0.6 is 11.8 Å². The van der Waals surface area contributed by atoms with Crippen molar-refractivity contribution in [1.29, 1.82) is 0 Å². The van der Waals surface area contributed by atoms with Gasteiger partial charge in [-0.1, -0.05) is 30.0 Å². The highest BCUT2D eigenvalue weighted by Crippen LogP contribution is 2.44. The lowest BCUT2D eigenvalue weighted by Gasteiger charge is -2.21. The molecule has 1 amide bonds. The van der Waals surface area contributed by atoms with Crippen molar-refractivity contribution >= 4 is 22.8 Å². The van der Waals surface area contributed by atoms with Crippen molar-refractivity contribution in [3.05, 3.63) is 35.6 Å². The van der Waals surface area contributed by atoms with Crippen molar-refractivity contribution < 1.29 is 22.4 Å². The van der Waals surface area contributed by atoms with Crippen LogP contribution in [-0.4, -0.2) is 22.0 Å². The van der Waals surface area contributed by atoms with E-state index in [1.807, 2.05) is 0 Å². The topological polar surface area (TPSA) is 41.5 Å². The van der Waals surface area contributed by atoms with Gasteiger partial charge in [0.2, 0.25) is 0 Å². The van der Waals surface area contributed by atoms with Gasteiger partial charge in [0.25, 0.3) is 5.91 Å². The zero-order chi connectivity index (χ0) is 15.0. The second kappa shape index (κ2) is 5.08. The van der Waals surface area contributed by atoms with Crippen molar-refractivity contribution in [2.45, 2.75) is 24.4 Å². The van der Waals surface area contributed by atoms with E-state index in [2.05, 4.69) is 10.3 Å². The number of carbonyl (C=O) groups excluding carboxylic acids is 1. The van der Waals surface area contributed by atoms with Crippen LogP contribution < -0.4 is 5.32 Å². The molecule has 1 N–H and O–H groups in total. The maximum Gasteiger partial charge on any atom is 0.412 e. The smallest absolute Gasteiger partial charge is 0.304 e. The number of benzene rings is 1. The van der Waals surface area contributed by atoms with Gasteiger partial charge >= 0.3 is 6.18 Å². The molecular weight excluding hydrogens is 296 g/mol. The second-order valence-electron chi connectivity index (χ2n) is 4.30. The molecule has 8 heteroatoms. The molecule has 0 spiro atoms. The van der Waals surface area contributed by atoms with Crippen LogP contribution in [0, 0.1) is 5.82 Å². The first-order chi connectivity index (χ1) is 9.24. The lowest BCUT2D eigenvalue weighted by atomic mass is 10.1. The third-order valence-electron chi connectivity index (χ3n) is 2.85. The molecule has 0 aliphatic carbocycles. The highest BCUT2D eigenvalue weighted by molar-refractivity contribution is 8.16.